The van der Waals surface area contributed by atoms with Gasteiger partial charge in [0, 0.05) is 12.2 Å². The molecule has 2 aromatic heterocycles. The van der Waals surface area contributed by atoms with E-state index in [0.29, 0.717) is 18.2 Å². The van der Waals surface area contributed by atoms with Crippen molar-refractivity contribution in [3.63, 3.8) is 0 Å². The minimum Gasteiger partial charge on any atom is -0.391 e. The molecule has 2 saturated carbocycles. The number of halogens is 1. The molecule has 2 fully saturated rings. The minimum atomic E-state index is -0.582. The molecule has 0 spiro atoms. The fourth-order valence-electron chi connectivity index (χ4n) is 4.52. The summed E-state index contributed by atoms with van der Waals surface area (Å²) in [6.07, 6.45) is 6.77. The van der Waals surface area contributed by atoms with Crippen molar-refractivity contribution in [1.82, 2.24) is 19.7 Å². The number of anilines is 3. The number of nitrogens with zero attached hydrogens (tertiary/aromatic N) is 4. The van der Waals surface area contributed by atoms with Crippen LogP contribution in [-0.4, -0.2) is 42.9 Å². The van der Waals surface area contributed by atoms with Crippen molar-refractivity contribution >= 4 is 23.4 Å². The Kier molecular flexibility index (Phi) is 4.88. The zero-order valence-electron chi connectivity index (χ0n) is 15.5. The monoisotopic (exact) mass is 389 g/mol. The number of carbonyl (C=O) groups is 1. The molecule has 10 heteroatoms. The third-order valence-electron chi connectivity index (χ3n) is 5.63. The zero-order valence-corrected chi connectivity index (χ0v) is 15.5. The molecule has 0 unspecified atom stereocenters. The average molecular weight is 389 g/mol. The summed E-state index contributed by atoms with van der Waals surface area (Å²) in [5, 5.41) is 19.6. The van der Waals surface area contributed by atoms with Gasteiger partial charge in [0.25, 0.3) is 0 Å². The van der Waals surface area contributed by atoms with E-state index in [4.69, 9.17) is 5.73 Å². The van der Waals surface area contributed by atoms with Crippen LogP contribution in [0, 0.1) is 23.6 Å². The lowest BCUT2D eigenvalue weighted by Gasteiger charge is -2.30. The lowest BCUT2D eigenvalue weighted by Crippen LogP contribution is -2.42. The van der Waals surface area contributed by atoms with E-state index in [1.54, 1.807) is 24.0 Å². The molecule has 2 aliphatic carbocycles. The minimum absolute atomic E-state index is 0.0534. The number of carbonyl (C=O) groups excluding carboxylic acids is 1. The van der Waals surface area contributed by atoms with Crippen LogP contribution in [0.1, 0.15) is 26.2 Å². The van der Waals surface area contributed by atoms with Crippen LogP contribution >= 0.6 is 0 Å². The molecule has 150 valence electrons. The highest BCUT2D eigenvalue weighted by atomic mass is 19.1. The van der Waals surface area contributed by atoms with E-state index in [0.717, 1.165) is 25.5 Å². The highest BCUT2D eigenvalue weighted by Gasteiger charge is 2.50. The van der Waals surface area contributed by atoms with Gasteiger partial charge >= 0.3 is 0 Å². The fourth-order valence-corrected chi connectivity index (χ4v) is 4.52. The lowest BCUT2D eigenvalue weighted by molar-refractivity contribution is -0.123. The predicted molar refractivity (Wildman–Crippen MR) is 100 cm³/mol. The molecule has 5 N–H and O–H groups in total. The van der Waals surface area contributed by atoms with Crippen LogP contribution in [0.15, 0.2) is 18.6 Å². The summed E-state index contributed by atoms with van der Waals surface area (Å²) in [6, 6.07) is -0.206. The van der Waals surface area contributed by atoms with Gasteiger partial charge in [-0.3, -0.25) is 9.48 Å². The third-order valence-corrected chi connectivity index (χ3v) is 5.63. The number of rotatable bonds is 7. The first-order chi connectivity index (χ1) is 13.4. The van der Waals surface area contributed by atoms with E-state index in [9.17, 15) is 14.3 Å². The summed E-state index contributed by atoms with van der Waals surface area (Å²) in [6.45, 7) is 2.03. The third kappa shape index (κ3) is 3.64. The van der Waals surface area contributed by atoms with Gasteiger partial charge in [-0.25, -0.2) is 9.37 Å². The maximum atomic E-state index is 14.3. The van der Waals surface area contributed by atoms with Crippen molar-refractivity contribution < 1.29 is 14.3 Å². The van der Waals surface area contributed by atoms with Crippen LogP contribution in [-0.2, 0) is 11.3 Å². The Labute approximate surface area is 161 Å². The van der Waals surface area contributed by atoms with E-state index in [1.165, 1.54) is 0 Å². The largest absolute Gasteiger partial charge is 0.391 e. The van der Waals surface area contributed by atoms with E-state index < -0.39 is 11.9 Å². The summed E-state index contributed by atoms with van der Waals surface area (Å²) in [7, 11) is 0. The molecule has 9 nitrogen and oxygen atoms in total. The van der Waals surface area contributed by atoms with Gasteiger partial charge in [-0.1, -0.05) is 0 Å². The number of nitrogens with two attached hydrogens (primary N) is 1. The highest BCUT2D eigenvalue weighted by molar-refractivity contribution is 5.79. The molecular formula is C18H24FN7O2. The second-order valence-corrected chi connectivity index (χ2v) is 7.75. The second kappa shape index (κ2) is 7.34. The average Bonchev–Trinajstić information content (AvgIpc) is 3.33. The first-order valence-electron chi connectivity index (χ1n) is 9.46. The zero-order chi connectivity index (χ0) is 19.8. The molecular weight excluding hydrogens is 365 g/mol. The van der Waals surface area contributed by atoms with Crippen molar-refractivity contribution in [3.8, 4) is 0 Å². The summed E-state index contributed by atoms with van der Waals surface area (Å²) < 4.78 is 15.9. The van der Waals surface area contributed by atoms with Crippen LogP contribution in [0.3, 0.4) is 0 Å². The molecule has 2 aliphatic rings. The van der Waals surface area contributed by atoms with E-state index in [1.807, 2.05) is 0 Å². The van der Waals surface area contributed by atoms with Crippen molar-refractivity contribution in [3.05, 3.63) is 24.4 Å². The molecule has 0 aromatic carbocycles. The van der Waals surface area contributed by atoms with Crippen LogP contribution in [0.2, 0.25) is 0 Å². The standard InChI is InChI=1S/C18H24FN7O2/c1-9(27)7-26-8-12(5-22-26)23-18-21-6-13(19)17(25-18)24-15-11-3-2-10(4-11)14(15)16(20)28/h5-6,8-11,14-15,27H,2-4,7H2,1H3,(H2,20,28)(H2,21,23,24,25)/t9-,10+,11-,14-,15+/m1/s1. The predicted octanol–water partition coefficient (Wildman–Crippen LogP) is 1.25. The molecule has 5 atom stereocenters. The fraction of sp³-hybridized carbons (Fsp3) is 0.556. The number of aliphatic hydroxyl groups is 1. The topological polar surface area (TPSA) is 131 Å². The molecule has 28 heavy (non-hydrogen) atoms. The van der Waals surface area contributed by atoms with Crippen molar-refractivity contribution in [2.45, 2.75) is 44.9 Å². The summed E-state index contributed by atoms with van der Waals surface area (Å²) in [5.41, 5.74) is 6.21. The van der Waals surface area contributed by atoms with Gasteiger partial charge in [0.2, 0.25) is 11.9 Å². The van der Waals surface area contributed by atoms with Crippen molar-refractivity contribution in [2.24, 2.45) is 23.5 Å². The van der Waals surface area contributed by atoms with Gasteiger partial charge in [-0.15, -0.1) is 0 Å². The summed E-state index contributed by atoms with van der Waals surface area (Å²) in [4.78, 5) is 20.1. The highest BCUT2D eigenvalue weighted by Crippen LogP contribution is 2.49. The molecule has 0 aliphatic heterocycles. The summed E-state index contributed by atoms with van der Waals surface area (Å²) in [5.74, 6) is -0.404. The Morgan fingerprint density at radius 2 is 2.21 bits per heavy atom. The smallest absolute Gasteiger partial charge is 0.229 e. The number of nitrogens with one attached hydrogen (secondary N) is 2. The molecule has 0 saturated heterocycles. The Balaban J connectivity index is 1.50. The normalized spacial score (nSPS) is 27.0. The number of aromatic nitrogens is 4. The van der Waals surface area contributed by atoms with Gasteiger partial charge in [0.05, 0.1) is 36.6 Å². The van der Waals surface area contributed by atoms with E-state index >= 15 is 0 Å². The Morgan fingerprint density at radius 3 is 2.96 bits per heavy atom. The lowest BCUT2D eigenvalue weighted by atomic mass is 9.84. The number of hydrogen-bond donors (Lipinski definition) is 4. The Hall–Kier alpha value is -2.75. The van der Waals surface area contributed by atoms with Gasteiger partial charge in [-0.2, -0.15) is 10.1 Å². The van der Waals surface area contributed by atoms with E-state index in [2.05, 4.69) is 25.7 Å². The Bertz CT molecular complexity index is 871. The van der Waals surface area contributed by atoms with Gasteiger partial charge < -0.3 is 21.5 Å². The maximum Gasteiger partial charge on any atom is 0.229 e. The van der Waals surface area contributed by atoms with Crippen LogP contribution in [0.4, 0.5) is 21.8 Å². The second-order valence-electron chi connectivity index (χ2n) is 7.75. The molecule has 4 rings (SSSR count). The summed E-state index contributed by atoms with van der Waals surface area (Å²) >= 11 is 0. The quantitative estimate of drug-likeness (QED) is 0.560. The molecule has 2 aromatic rings. The number of fused-ring (bicyclic) bond motifs is 2. The number of primary amides is 1. The van der Waals surface area contributed by atoms with Gasteiger partial charge in [0.1, 0.15) is 0 Å². The molecule has 2 heterocycles. The molecule has 2 bridgehead atoms. The van der Waals surface area contributed by atoms with Crippen molar-refractivity contribution in [1.29, 1.82) is 0 Å². The SMILES string of the molecule is C[C@@H](O)Cn1cc(Nc2ncc(F)c(N[C@H]3[C@@H]4CC[C@@H](C4)[C@H]3C(N)=O)n2)cn1. The van der Waals surface area contributed by atoms with Gasteiger partial charge in [0.15, 0.2) is 11.6 Å². The Morgan fingerprint density at radius 1 is 1.43 bits per heavy atom. The maximum absolute atomic E-state index is 14.3. The number of aliphatic hydroxyl groups excluding tert-OH is 1. The van der Waals surface area contributed by atoms with Gasteiger partial charge in [-0.05, 0) is 38.0 Å². The number of amides is 1. The van der Waals surface area contributed by atoms with Crippen LogP contribution < -0.4 is 16.4 Å². The first kappa shape index (κ1) is 18.6. The molecule has 1 amide bonds. The van der Waals surface area contributed by atoms with Crippen molar-refractivity contribution in [2.75, 3.05) is 10.6 Å². The van der Waals surface area contributed by atoms with E-state index in [-0.39, 0.29) is 35.6 Å². The first-order valence-corrected chi connectivity index (χ1v) is 9.46. The van der Waals surface area contributed by atoms with Crippen LogP contribution in [0.25, 0.3) is 0 Å². The molecule has 0 radical (unpaired) electrons. The number of hydrogen-bond acceptors (Lipinski definition) is 7. The van der Waals surface area contributed by atoms with Crippen LogP contribution in [0.5, 0.6) is 0 Å².